The number of nitrogens with one attached hydrogen (secondary N) is 2. The van der Waals surface area contributed by atoms with Gasteiger partial charge < -0.3 is 10.1 Å². The molecule has 6 heteroatoms. The fourth-order valence-electron chi connectivity index (χ4n) is 1.08. The lowest BCUT2D eigenvalue weighted by atomic mass is 10.4. The maximum Gasteiger partial charge on any atom is 0.363 e. The maximum absolute atomic E-state index is 10.9. The summed E-state index contributed by atoms with van der Waals surface area (Å²) in [5.41, 5.74) is 0.249. The van der Waals surface area contributed by atoms with Crippen molar-refractivity contribution in [2.45, 2.75) is 20.3 Å². The number of aromatic nitrogens is 3. The van der Waals surface area contributed by atoms with Gasteiger partial charge in [-0.1, -0.05) is 0 Å². The number of aromatic amines is 1. The van der Waals surface area contributed by atoms with Gasteiger partial charge in [0.15, 0.2) is 5.82 Å². The zero-order valence-corrected chi connectivity index (χ0v) is 9.04. The third-order valence-electron chi connectivity index (χ3n) is 1.84. The monoisotopic (exact) mass is 212 g/mol. The molecular formula is C9H16N4O2. The molecule has 0 saturated heterocycles. The number of hydrogen-bond acceptors (Lipinski definition) is 5. The standard InChI is InChI=1S/C9H16N4O2/c1-3-15-6-4-5-10-8-7(2)12-13-9(14)11-8/h3-6H2,1-2H3,(H2,10,11,13,14). The molecule has 0 spiro atoms. The molecule has 84 valence electrons. The van der Waals surface area contributed by atoms with E-state index in [1.165, 1.54) is 0 Å². The zero-order chi connectivity index (χ0) is 11.1. The number of H-pyrrole nitrogens is 1. The van der Waals surface area contributed by atoms with Crippen LogP contribution in [-0.2, 0) is 4.74 Å². The number of ether oxygens (including phenoxy) is 1. The molecule has 0 fully saturated rings. The fraction of sp³-hybridized carbons (Fsp3) is 0.667. The lowest BCUT2D eigenvalue weighted by Gasteiger charge is -2.06. The number of aryl methyl sites for hydroxylation is 1. The maximum atomic E-state index is 10.9. The van der Waals surface area contributed by atoms with E-state index in [9.17, 15) is 4.79 Å². The molecule has 0 unspecified atom stereocenters. The summed E-state index contributed by atoms with van der Waals surface area (Å²) in [6.45, 7) is 5.90. The van der Waals surface area contributed by atoms with Gasteiger partial charge in [0.1, 0.15) is 5.69 Å². The van der Waals surface area contributed by atoms with Crippen LogP contribution in [0.2, 0.25) is 0 Å². The summed E-state index contributed by atoms with van der Waals surface area (Å²) in [6.07, 6.45) is 0.877. The van der Waals surface area contributed by atoms with Crippen LogP contribution in [0, 0.1) is 6.92 Å². The second-order valence-corrected chi connectivity index (χ2v) is 3.05. The fourth-order valence-corrected chi connectivity index (χ4v) is 1.08. The summed E-state index contributed by atoms with van der Waals surface area (Å²) < 4.78 is 5.18. The third-order valence-corrected chi connectivity index (χ3v) is 1.84. The molecule has 1 rings (SSSR count). The van der Waals surface area contributed by atoms with Crippen molar-refractivity contribution in [3.8, 4) is 0 Å². The summed E-state index contributed by atoms with van der Waals surface area (Å²) in [7, 11) is 0. The SMILES string of the molecule is CCOCCCNc1nc(=O)[nH]nc1C. The molecule has 0 amide bonds. The van der Waals surface area contributed by atoms with E-state index in [1.54, 1.807) is 6.92 Å². The Kier molecular flexibility index (Phi) is 4.76. The van der Waals surface area contributed by atoms with Crippen LogP contribution >= 0.6 is 0 Å². The number of nitrogens with zero attached hydrogens (tertiary/aromatic N) is 2. The number of hydrogen-bond donors (Lipinski definition) is 2. The van der Waals surface area contributed by atoms with Crippen LogP contribution in [0.1, 0.15) is 19.0 Å². The van der Waals surface area contributed by atoms with E-state index in [4.69, 9.17) is 4.74 Å². The first-order valence-corrected chi connectivity index (χ1v) is 4.99. The van der Waals surface area contributed by atoms with Crippen LogP contribution in [0.15, 0.2) is 4.79 Å². The Morgan fingerprint density at radius 2 is 2.33 bits per heavy atom. The molecule has 0 aromatic carbocycles. The minimum atomic E-state index is -0.437. The van der Waals surface area contributed by atoms with Crippen molar-refractivity contribution < 1.29 is 4.74 Å². The van der Waals surface area contributed by atoms with E-state index in [0.29, 0.717) is 18.1 Å². The van der Waals surface area contributed by atoms with Crippen LogP contribution in [0.25, 0.3) is 0 Å². The molecule has 1 aromatic rings. The molecular weight excluding hydrogens is 196 g/mol. The van der Waals surface area contributed by atoms with Crippen molar-refractivity contribution in [3.63, 3.8) is 0 Å². The van der Waals surface area contributed by atoms with Crippen molar-refractivity contribution >= 4 is 5.82 Å². The molecule has 0 aliphatic rings. The third kappa shape index (κ3) is 4.07. The average molecular weight is 212 g/mol. The predicted octanol–water partition coefficient (Wildman–Crippen LogP) is 0.312. The van der Waals surface area contributed by atoms with E-state index < -0.39 is 5.69 Å². The van der Waals surface area contributed by atoms with Gasteiger partial charge in [0.25, 0.3) is 0 Å². The van der Waals surface area contributed by atoms with Crippen molar-refractivity contribution in [1.29, 1.82) is 0 Å². The Bertz CT molecular complexity index is 350. The Balaban J connectivity index is 2.37. The van der Waals surface area contributed by atoms with Gasteiger partial charge in [0.05, 0.1) is 0 Å². The Morgan fingerprint density at radius 3 is 3.07 bits per heavy atom. The Hall–Kier alpha value is -1.43. The Morgan fingerprint density at radius 1 is 1.53 bits per heavy atom. The van der Waals surface area contributed by atoms with Gasteiger partial charge in [-0.25, -0.2) is 9.89 Å². The molecule has 0 aliphatic heterocycles. The highest BCUT2D eigenvalue weighted by molar-refractivity contribution is 5.37. The highest BCUT2D eigenvalue weighted by atomic mass is 16.5. The summed E-state index contributed by atoms with van der Waals surface area (Å²) in [4.78, 5) is 14.6. The summed E-state index contributed by atoms with van der Waals surface area (Å²) in [5.74, 6) is 0.537. The second-order valence-electron chi connectivity index (χ2n) is 3.05. The van der Waals surface area contributed by atoms with Gasteiger partial charge >= 0.3 is 5.69 Å². The van der Waals surface area contributed by atoms with Crippen LogP contribution < -0.4 is 11.0 Å². The summed E-state index contributed by atoms with van der Waals surface area (Å²) in [6, 6.07) is 0. The summed E-state index contributed by atoms with van der Waals surface area (Å²) >= 11 is 0. The van der Waals surface area contributed by atoms with Gasteiger partial charge in [0.2, 0.25) is 0 Å². The van der Waals surface area contributed by atoms with Crippen LogP contribution in [0.5, 0.6) is 0 Å². The van der Waals surface area contributed by atoms with E-state index in [0.717, 1.165) is 19.6 Å². The van der Waals surface area contributed by atoms with E-state index in [-0.39, 0.29) is 0 Å². The van der Waals surface area contributed by atoms with Gasteiger partial charge in [0, 0.05) is 19.8 Å². The first-order chi connectivity index (χ1) is 7.24. The summed E-state index contributed by atoms with van der Waals surface area (Å²) in [5, 5.41) is 9.11. The minimum absolute atomic E-state index is 0.437. The van der Waals surface area contributed by atoms with Gasteiger partial charge in [-0.15, -0.1) is 0 Å². The predicted molar refractivity (Wildman–Crippen MR) is 57.0 cm³/mol. The first kappa shape index (κ1) is 11.6. The normalized spacial score (nSPS) is 10.3. The topological polar surface area (TPSA) is 79.9 Å². The molecule has 2 N–H and O–H groups in total. The van der Waals surface area contributed by atoms with E-state index in [1.807, 2.05) is 6.92 Å². The van der Waals surface area contributed by atoms with Gasteiger partial charge in [-0.05, 0) is 20.3 Å². The molecule has 0 aliphatic carbocycles. The van der Waals surface area contributed by atoms with Crippen molar-refractivity contribution in [1.82, 2.24) is 15.2 Å². The highest BCUT2D eigenvalue weighted by Gasteiger charge is 2.00. The number of anilines is 1. The Labute approximate surface area is 88.1 Å². The van der Waals surface area contributed by atoms with Crippen LogP contribution in [0.4, 0.5) is 5.82 Å². The smallest absolute Gasteiger partial charge is 0.363 e. The molecule has 0 bridgehead atoms. The average Bonchev–Trinajstić information content (AvgIpc) is 2.23. The molecule has 1 aromatic heterocycles. The molecule has 6 nitrogen and oxygen atoms in total. The highest BCUT2D eigenvalue weighted by Crippen LogP contribution is 2.02. The molecule has 0 radical (unpaired) electrons. The minimum Gasteiger partial charge on any atom is -0.382 e. The van der Waals surface area contributed by atoms with E-state index in [2.05, 4.69) is 20.5 Å². The van der Waals surface area contributed by atoms with Gasteiger partial charge in [-0.2, -0.15) is 10.1 Å². The van der Waals surface area contributed by atoms with E-state index >= 15 is 0 Å². The van der Waals surface area contributed by atoms with Crippen molar-refractivity contribution in [2.24, 2.45) is 0 Å². The molecule has 0 saturated carbocycles. The quantitative estimate of drug-likeness (QED) is 0.663. The second kappa shape index (κ2) is 6.13. The van der Waals surface area contributed by atoms with Crippen molar-refractivity contribution in [3.05, 3.63) is 16.2 Å². The lowest BCUT2D eigenvalue weighted by molar-refractivity contribution is 0.147. The molecule has 15 heavy (non-hydrogen) atoms. The van der Waals surface area contributed by atoms with Crippen LogP contribution in [-0.4, -0.2) is 34.9 Å². The van der Waals surface area contributed by atoms with Gasteiger partial charge in [-0.3, -0.25) is 0 Å². The lowest BCUT2D eigenvalue weighted by Crippen LogP contribution is -2.18. The number of rotatable bonds is 6. The van der Waals surface area contributed by atoms with Crippen molar-refractivity contribution in [2.75, 3.05) is 25.1 Å². The zero-order valence-electron chi connectivity index (χ0n) is 9.04. The molecule has 1 heterocycles. The van der Waals surface area contributed by atoms with Crippen LogP contribution in [0.3, 0.4) is 0 Å². The molecule has 0 atom stereocenters. The largest absolute Gasteiger partial charge is 0.382 e. The first-order valence-electron chi connectivity index (χ1n) is 4.99.